The Bertz CT molecular complexity index is 1320. The predicted molar refractivity (Wildman–Crippen MR) is 140 cm³/mol. The number of halogens is 1. The molecule has 3 aliphatic heterocycles. The van der Waals surface area contributed by atoms with Crippen molar-refractivity contribution in [2.75, 3.05) is 43.0 Å². The molecule has 11 nitrogen and oxygen atoms in total. The normalized spacial score (nSPS) is 22.6. The van der Waals surface area contributed by atoms with E-state index in [2.05, 4.69) is 64.7 Å². The van der Waals surface area contributed by atoms with Crippen LogP contribution in [0.2, 0.25) is 0 Å². The summed E-state index contributed by atoms with van der Waals surface area (Å²) in [6.07, 6.45) is 3.62. The van der Waals surface area contributed by atoms with Crippen LogP contribution in [0.5, 0.6) is 6.01 Å². The highest BCUT2D eigenvalue weighted by Gasteiger charge is 2.36. The van der Waals surface area contributed by atoms with Gasteiger partial charge in [0, 0.05) is 50.5 Å². The number of ether oxygens (including phenoxy) is 1. The van der Waals surface area contributed by atoms with Gasteiger partial charge in [-0.05, 0) is 37.1 Å². The van der Waals surface area contributed by atoms with Gasteiger partial charge in [-0.1, -0.05) is 29.5 Å². The molecular weight excluding hydrogens is 487 g/mol. The Morgan fingerprint density at radius 2 is 1.92 bits per heavy atom. The molecule has 0 radical (unpaired) electrons. The number of hydrogen-bond donors (Lipinski definition) is 2. The maximum atomic E-state index is 14.1. The summed E-state index contributed by atoms with van der Waals surface area (Å²) < 4.78 is 19.7. The second kappa shape index (κ2) is 10.5. The number of nitrogens with zero attached hydrogens (tertiary/aromatic N) is 8. The summed E-state index contributed by atoms with van der Waals surface area (Å²) in [6.45, 7) is 8.39. The van der Waals surface area contributed by atoms with Gasteiger partial charge in [-0.25, -0.2) is 4.39 Å². The fourth-order valence-electron chi connectivity index (χ4n) is 5.58. The number of nitrogens with one attached hydrogen (secondary N) is 1. The average Bonchev–Trinajstić information content (AvgIpc) is 3.48. The number of fused-ring (bicyclic) bond motifs is 3. The summed E-state index contributed by atoms with van der Waals surface area (Å²) in [5, 5.41) is 10.8. The molecule has 3 unspecified atom stereocenters. The first-order valence-corrected chi connectivity index (χ1v) is 12.9. The third-order valence-corrected chi connectivity index (χ3v) is 7.41. The van der Waals surface area contributed by atoms with E-state index in [0.717, 1.165) is 25.2 Å². The van der Waals surface area contributed by atoms with Crippen LogP contribution in [0.15, 0.2) is 53.1 Å². The molecular formula is C26H31FN10O. The lowest BCUT2D eigenvalue weighted by molar-refractivity contribution is 0.128. The van der Waals surface area contributed by atoms with Crippen LogP contribution in [0, 0.1) is 5.82 Å². The molecule has 198 valence electrons. The minimum Gasteiger partial charge on any atom is -0.464 e. The molecule has 3 atom stereocenters. The minimum atomic E-state index is -0.454. The number of rotatable bonds is 8. The van der Waals surface area contributed by atoms with Gasteiger partial charge in [-0.15, -0.1) is 5.11 Å². The molecule has 0 aliphatic carbocycles. The van der Waals surface area contributed by atoms with E-state index in [4.69, 9.17) is 10.6 Å². The minimum absolute atomic E-state index is 0.167. The van der Waals surface area contributed by atoms with Crippen molar-refractivity contribution in [3.05, 3.63) is 65.2 Å². The third-order valence-electron chi connectivity index (χ3n) is 7.41. The van der Waals surface area contributed by atoms with Crippen molar-refractivity contribution in [1.29, 1.82) is 0 Å². The first-order valence-electron chi connectivity index (χ1n) is 12.9. The van der Waals surface area contributed by atoms with Gasteiger partial charge in [0.2, 0.25) is 5.82 Å². The van der Waals surface area contributed by atoms with Gasteiger partial charge in [-0.3, -0.25) is 9.88 Å². The Kier molecular flexibility index (Phi) is 6.73. The Hall–Kier alpha value is -3.90. The Balaban J connectivity index is 1.29. The Morgan fingerprint density at radius 1 is 1.11 bits per heavy atom. The molecule has 2 bridgehead atoms. The van der Waals surface area contributed by atoms with Crippen LogP contribution >= 0.6 is 0 Å². The van der Waals surface area contributed by atoms with Crippen LogP contribution in [0.25, 0.3) is 0 Å². The lowest BCUT2D eigenvalue weighted by Crippen LogP contribution is -2.46. The zero-order valence-electron chi connectivity index (χ0n) is 21.3. The fraction of sp³-hybridized carbons (Fsp3) is 0.423. The molecule has 3 aromatic rings. The number of hydrogen-bond acceptors (Lipinski definition) is 10. The Labute approximate surface area is 220 Å². The van der Waals surface area contributed by atoms with E-state index in [0.29, 0.717) is 36.3 Å². The van der Waals surface area contributed by atoms with E-state index < -0.39 is 12.0 Å². The van der Waals surface area contributed by atoms with Crippen LogP contribution in [0.1, 0.15) is 36.2 Å². The van der Waals surface area contributed by atoms with Gasteiger partial charge < -0.3 is 25.7 Å². The zero-order chi connectivity index (χ0) is 26.1. The van der Waals surface area contributed by atoms with Crippen molar-refractivity contribution in [3.63, 3.8) is 0 Å². The molecule has 38 heavy (non-hydrogen) atoms. The lowest BCUT2D eigenvalue weighted by atomic mass is 10.1. The maximum Gasteiger partial charge on any atom is 0.320 e. The molecule has 0 spiro atoms. The summed E-state index contributed by atoms with van der Waals surface area (Å²) in [7, 11) is 0. The van der Waals surface area contributed by atoms with E-state index >= 15 is 0 Å². The van der Waals surface area contributed by atoms with Gasteiger partial charge in [0.1, 0.15) is 17.7 Å². The molecule has 5 heterocycles. The van der Waals surface area contributed by atoms with E-state index in [1.807, 2.05) is 11.8 Å². The second-order valence-corrected chi connectivity index (χ2v) is 9.82. The van der Waals surface area contributed by atoms with Gasteiger partial charge in [0.15, 0.2) is 5.82 Å². The van der Waals surface area contributed by atoms with Gasteiger partial charge >= 0.3 is 6.01 Å². The standard InChI is InChI=1S/C26H31FN10O/c1-2-38-26-31-23(33-34-28)22-25(32-26)37(24(30-22)19-11-20(27)13-29-12-19)15-18-5-3-17(4-6-18)14-36-10-9-35-8-7-21(36)16-35/h3-6,11-13,21,24,30H,2,7-10,14-16H2,1H3,(H2,28,31,32,33). The zero-order valence-corrected chi connectivity index (χ0v) is 21.3. The van der Waals surface area contributed by atoms with Crippen LogP contribution in [0.3, 0.4) is 0 Å². The average molecular weight is 519 g/mol. The molecule has 2 fully saturated rings. The summed E-state index contributed by atoms with van der Waals surface area (Å²) in [5.41, 5.74) is 3.57. The topological polar surface area (TPSA) is 120 Å². The quantitative estimate of drug-likeness (QED) is 0.263. The predicted octanol–water partition coefficient (Wildman–Crippen LogP) is 3.39. The van der Waals surface area contributed by atoms with Crippen molar-refractivity contribution in [2.45, 2.75) is 38.6 Å². The van der Waals surface area contributed by atoms with Crippen molar-refractivity contribution in [2.24, 2.45) is 16.2 Å². The number of aromatic nitrogens is 3. The van der Waals surface area contributed by atoms with Crippen LogP contribution in [0.4, 0.5) is 21.7 Å². The largest absolute Gasteiger partial charge is 0.464 e. The number of piperazine rings is 1. The highest BCUT2D eigenvalue weighted by Crippen LogP contribution is 2.46. The number of benzene rings is 1. The molecule has 1 aromatic carbocycles. The molecule has 12 heteroatoms. The number of nitrogens with two attached hydrogens (primary N) is 1. The number of pyridine rings is 1. The van der Waals surface area contributed by atoms with E-state index in [1.165, 1.54) is 37.3 Å². The van der Waals surface area contributed by atoms with E-state index in [1.54, 1.807) is 6.20 Å². The van der Waals surface area contributed by atoms with Gasteiger partial charge in [-0.2, -0.15) is 9.97 Å². The first kappa shape index (κ1) is 24.4. The first-order chi connectivity index (χ1) is 18.6. The molecule has 0 amide bonds. The highest BCUT2D eigenvalue weighted by atomic mass is 19.1. The summed E-state index contributed by atoms with van der Waals surface area (Å²) in [6, 6.07) is 11.0. The lowest BCUT2D eigenvalue weighted by Gasteiger charge is -2.34. The second-order valence-electron chi connectivity index (χ2n) is 9.82. The van der Waals surface area contributed by atoms with E-state index in [9.17, 15) is 4.39 Å². The smallest absolute Gasteiger partial charge is 0.320 e. The van der Waals surface area contributed by atoms with Crippen molar-refractivity contribution in [1.82, 2.24) is 24.8 Å². The molecule has 6 rings (SSSR count). The van der Waals surface area contributed by atoms with E-state index in [-0.39, 0.29) is 11.8 Å². The number of anilines is 2. The third kappa shape index (κ3) is 4.84. The molecule has 0 saturated carbocycles. The summed E-state index contributed by atoms with van der Waals surface area (Å²) in [5.74, 6) is 5.76. The maximum absolute atomic E-state index is 14.1. The summed E-state index contributed by atoms with van der Waals surface area (Å²) in [4.78, 5) is 20.2. The fourth-order valence-corrected chi connectivity index (χ4v) is 5.58. The monoisotopic (exact) mass is 518 g/mol. The Morgan fingerprint density at radius 3 is 2.68 bits per heavy atom. The van der Waals surface area contributed by atoms with Crippen molar-refractivity contribution >= 4 is 17.3 Å². The van der Waals surface area contributed by atoms with Crippen molar-refractivity contribution < 1.29 is 9.13 Å². The van der Waals surface area contributed by atoms with Gasteiger partial charge in [0.05, 0.1) is 12.8 Å². The van der Waals surface area contributed by atoms with Crippen LogP contribution in [-0.4, -0.2) is 63.6 Å². The molecule has 2 saturated heterocycles. The highest BCUT2D eigenvalue weighted by molar-refractivity contribution is 5.81. The SMILES string of the molecule is CCOc1nc(N=NN)c2c(n1)N(Cc1ccc(CN3CCN4CCC3C4)cc1)C(c1cncc(F)c1)N2. The molecule has 3 N–H and O–H groups in total. The van der Waals surface area contributed by atoms with Gasteiger partial charge in [0.25, 0.3) is 0 Å². The van der Waals surface area contributed by atoms with Crippen molar-refractivity contribution in [3.8, 4) is 6.01 Å². The molecule has 2 aromatic heterocycles. The molecule has 3 aliphatic rings. The summed E-state index contributed by atoms with van der Waals surface area (Å²) >= 11 is 0. The van der Waals surface area contributed by atoms with Crippen LogP contribution in [-0.2, 0) is 13.1 Å². The van der Waals surface area contributed by atoms with Crippen LogP contribution < -0.4 is 20.8 Å².